The summed E-state index contributed by atoms with van der Waals surface area (Å²) in [6.07, 6.45) is 1.62. The average Bonchev–Trinajstić information content (AvgIpc) is 3.53. The summed E-state index contributed by atoms with van der Waals surface area (Å²) in [5.74, 6) is -2.19. The van der Waals surface area contributed by atoms with Gasteiger partial charge in [0.2, 0.25) is 5.91 Å². The number of pyridine rings is 1. The van der Waals surface area contributed by atoms with Crippen LogP contribution >= 0.6 is 0 Å². The van der Waals surface area contributed by atoms with Crippen molar-refractivity contribution in [2.75, 3.05) is 18.4 Å². The van der Waals surface area contributed by atoms with Gasteiger partial charge in [-0.2, -0.15) is 13.2 Å². The number of nitrogens with zero attached hydrogens (tertiary/aromatic N) is 4. The number of benzene rings is 1. The molecule has 1 saturated heterocycles. The van der Waals surface area contributed by atoms with Crippen LogP contribution in [0.4, 0.5) is 23.4 Å². The SMILES string of the molecule is C=CC(=O)N1CCC(c2cc(-c3ccc(C(=O)Nc4cc(C(F)(F)F)ccn4)c(F)c3)n3cnccc23)C1. The molecule has 1 aliphatic heterocycles. The Morgan fingerprint density at radius 1 is 1.11 bits per heavy atom. The molecule has 0 spiro atoms. The third-order valence-corrected chi connectivity index (χ3v) is 6.56. The Balaban J connectivity index is 1.43. The maximum atomic E-state index is 15.1. The van der Waals surface area contributed by atoms with E-state index < -0.39 is 23.5 Å². The molecule has 11 heteroatoms. The van der Waals surface area contributed by atoms with Crippen LogP contribution in [0.15, 0.2) is 73.8 Å². The van der Waals surface area contributed by atoms with Gasteiger partial charge in [0, 0.05) is 37.0 Å². The molecule has 1 aromatic carbocycles. The lowest BCUT2D eigenvalue weighted by Gasteiger charge is -2.13. The highest BCUT2D eigenvalue weighted by molar-refractivity contribution is 6.04. The van der Waals surface area contributed by atoms with Crippen LogP contribution in [-0.4, -0.2) is 44.2 Å². The molecule has 0 saturated carbocycles. The second kappa shape index (κ2) is 9.73. The van der Waals surface area contributed by atoms with Gasteiger partial charge in [0.05, 0.1) is 28.7 Å². The van der Waals surface area contributed by atoms with Crippen LogP contribution in [0.1, 0.15) is 33.8 Å². The van der Waals surface area contributed by atoms with E-state index in [0.717, 1.165) is 29.8 Å². The van der Waals surface area contributed by atoms with Crippen LogP contribution in [0.5, 0.6) is 0 Å². The van der Waals surface area contributed by atoms with Gasteiger partial charge in [-0.25, -0.2) is 14.4 Å². The van der Waals surface area contributed by atoms with Crippen molar-refractivity contribution < 1.29 is 27.2 Å². The molecule has 3 aromatic heterocycles. The molecule has 1 N–H and O–H groups in total. The van der Waals surface area contributed by atoms with Gasteiger partial charge >= 0.3 is 6.18 Å². The maximum Gasteiger partial charge on any atom is 0.416 e. The minimum absolute atomic E-state index is 0.0694. The van der Waals surface area contributed by atoms with E-state index in [9.17, 15) is 22.8 Å². The van der Waals surface area contributed by atoms with E-state index in [1.165, 1.54) is 18.2 Å². The zero-order valence-electron chi connectivity index (χ0n) is 19.9. The van der Waals surface area contributed by atoms with Gasteiger partial charge in [-0.3, -0.25) is 9.59 Å². The quantitative estimate of drug-likeness (QED) is 0.284. The van der Waals surface area contributed by atoms with E-state index in [4.69, 9.17) is 0 Å². The first-order valence-corrected chi connectivity index (χ1v) is 11.7. The second-order valence-electron chi connectivity index (χ2n) is 8.87. The van der Waals surface area contributed by atoms with Crippen LogP contribution in [0, 0.1) is 5.82 Å². The number of fused-ring (bicyclic) bond motifs is 1. The zero-order valence-corrected chi connectivity index (χ0v) is 19.9. The van der Waals surface area contributed by atoms with Gasteiger partial charge < -0.3 is 14.6 Å². The number of nitrogens with one attached hydrogen (secondary N) is 1. The Morgan fingerprint density at radius 2 is 1.92 bits per heavy atom. The van der Waals surface area contributed by atoms with Crippen LogP contribution in [0.2, 0.25) is 0 Å². The predicted octanol–water partition coefficient (Wildman–Crippen LogP) is 5.31. The highest BCUT2D eigenvalue weighted by Gasteiger charge is 2.31. The van der Waals surface area contributed by atoms with Crippen molar-refractivity contribution in [2.24, 2.45) is 0 Å². The van der Waals surface area contributed by atoms with Crippen molar-refractivity contribution in [3.05, 3.63) is 96.3 Å². The number of aromatic nitrogens is 3. The maximum absolute atomic E-state index is 15.1. The van der Waals surface area contributed by atoms with E-state index in [2.05, 4.69) is 21.9 Å². The van der Waals surface area contributed by atoms with E-state index >= 15 is 4.39 Å². The highest BCUT2D eigenvalue weighted by Crippen LogP contribution is 2.36. The lowest BCUT2D eigenvalue weighted by molar-refractivity contribution is -0.137. The van der Waals surface area contributed by atoms with Gasteiger partial charge in [0.1, 0.15) is 11.6 Å². The number of amides is 2. The lowest BCUT2D eigenvalue weighted by atomic mass is 9.98. The van der Waals surface area contributed by atoms with E-state index in [1.807, 2.05) is 16.5 Å². The molecule has 38 heavy (non-hydrogen) atoms. The summed E-state index contributed by atoms with van der Waals surface area (Å²) in [6.45, 7) is 4.68. The summed E-state index contributed by atoms with van der Waals surface area (Å²) >= 11 is 0. The van der Waals surface area contributed by atoms with Crippen LogP contribution in [0.3, 0.4) is 0 Å². The molecule has 194 valence electrons. The number of alkyl halides is 3. The largest absolute Gasteiger partial charge is 0.416 e. The van der Waals surface area contributed by atoms with Crippen molar-refractivity contribution in [1.82, 2.24) is 19.3 Å². The minimum atomic E-state index is -4.61. The average molecular weight is 523 g/mol. The summed E-state index contributed by atoms with van der Waals surface area (Å²) in [4.78, 5) is 34.3. The summed E-state index contributed by atoms with van der Waals surface area (Å²) < 4.78 is 55.8. The first-order chi connectivity index (χ1) is 18.2. The Kier molecular flexibility index (Phi) is 6.43. The Hall–Kier alpha value is -4.54. The van der Waals surface area contributed by atoms with Crippen molar-refractivity contribution in [3.63, 3.8) is 0 Å². The number of anilines is 1. The Morgan fingerprint density at radius 3 is 2.66 bits per heavy atom. The van der Waals surface area contributed by atoms with Crippen LogP contribution in [0.25, 0.3) is 16.8 Å². The van der Waals surface area contributed by atoms with Gasteiger partial charge in [-0.15, -0.1) is 0 Å². The lowest BCUT2D eigenvalue weighted by Crippen LogP contribution is -2.26. The third-order valence-electron chi connectivity index (χ3n) is 6.56. The highest BCUT2D eigenvalue weighted by atomic mass is 19.4. The van der Waals surface area contributed by atoms with E-state index in [1.54, 1.807) is 23.5 Å². The van der Waals surface area contributed by atoms with Crippen molar-refractivity contribution in [2.45, 2.75) is 18.5 Å². The first-order valence-electron chi connectivity index (χ1n) is 11.7. The van der Waals surface area contributed by atoms with Gasteiger partial charge in [-0.05, 0) is 54.5 Å². The molecule has 1 unspecified atom stereocenters. The van der Waals surface area contributed by atoms with Crippen molar-refractivity contribution in [1.29, 1.82) is 0 Å². The molecular formula is C27H21F4N5O2. The number of hydrogen-bond acceptors (Lipinski definition) is 4. The van der Waals surface area contributed by atoms with E-state index in [0.29, 0.717) is 30.4 Å². The molecule has 0 radical (unpaired) electrons. The molecule has 0 bridgehead atoms. The minimum Gasteiger partial charge on any atom is -0.339 e. The monoisotopic (exact) mass is 523 g/mol. The molecule has 4 aromatic rings. The summed E-state index contributed by atoms with van der Waals surface area (Å²) in [5, 5.41) is 2.22. The number of likely N-dealkylation sites (tertiary alicyclic amines) is 1. The summed E-state index contributed by atoms with van der Waals surface area (Å²) in [5.41, 5.74) is 1.64. The summed E-state index contributed by atoms with van der Waals surface area (Å²) in [7, 11) is 0. The molecule has 0 aliphatic carbocycles. The van der Waals surface area contributed by atoms with Crippen molar-refractivity contribution in [3.8, 4) is 11.3 Å². The third kappa shape index (κ3) is 4.74. The molecular weight excluding hydrogens is 502 g/mol. The van der Waals surface area contributed by atoms with Crippen molar-refractivity contribution >= 4 is 23.1 Å². The zero-order chi connectivity index (χ0) is 27.0. The predicted molar refractivity (Wildman–Crippen MR) is 132 cm³/mol. The molecule has 5 rings (SSSR count). The van der Waals surface area contributed by atoms with Gasteiger partial charge in [0.25, 0.3) is 5.91 Å². The normalized spacial score (nSPS) is 15.6. The number of carbonyl (C=O) groups is 2. The van der Waals surface area contributed by atoms with E-state index in [-0.39, 0.29) is 23.2 Å². The van der Waals surface area contributed by atoms with Crippen LogP contribution in [-0.2, 0) is 11.0 Å². The summed E-state index contributed by atoms with van der Waals surface area (Å²) in [6, 6.07) is 9.23. The molecule has 1 aliphatic rings. The van der Waals surface area contributed by atoms with Gasteiger partial charge in [-0.1, -0.05) is 12.6 Å². The molecule has 1 fully saturated rings. The van der Waals surface area contributed by atoms with Crippen LogP contribution < -0.4 is 5.32 Å². The number of carbonyl (C=O) groups excluding carboxylic acids is 2. The number of rotatable bonds is 5. The molecule has 1 atom stereocenters. The smallest absolute Gasteiger partial charge is 0.339 e. The topological polar surface area (TPSA) is 79.6 Å². The molecule has 4 heterocycles. The Labute approximate surface area is 214 Å². The molecule has 2 amide bonds. The first kappa shape index (κ1) is 25.1. The second-order valence-corrected chi connectivity index (χ2v) is 8.87. The number of hydrogen-bond donors (Lipinski definition) is 1. The fraction of sp³-hybridized carbons (Fsp3) is 0.185. The number of halogens is 4. The fourth-order valence-corrected chi connectivity index (χ4v) is 4.69. The fourth-order valence-electron chi connectivity index (χ4n) is 4.69. The standard InChI is InChI=1S/C27H21F4N5O2/c1-2-25(37)35-10-7-17(14-35)20-13-23(36-15-32-8-6-22(20)36)16-3-4-19(21(28)11-16)26(38)34-24-12-18(5-9-33-24)27(29,30)31/h2-6,8-9,11-13,15,17H,1,7,10,14H2,(H,33,34,38). The van der Waals surface area contributed by atoms with Gasteiger partial charge in [0.15, 0.2) is 0 Å². The Bertz CT molecular complexity index is 1560. The molecule has 7 nitrogen and oxygen atoms in total.